The highest BCUT2D eigenvalue weighted by Crippen LogP contribution is 2.26. The van der Waals surface area contributed by atoms with Gasteiger partial charge in [-0.05, 0) is 26.0 Å². The standard InChI is InChI=1S/C17H19N5O/c1-12-4-3-5-14(10-12)17-20-19-16(23-17)13(2)22-9-8-21-7-6-18-15(21)11-22/h3-7,10,13H,8-9,11H2,1-2H3/t13-/m0/s1. The third kappa shape index (κ3) is 2.66. The average molecular weight is 309 g/mol. The Morgan fingerprint density at radius 2 is 2.13 bits per heavy atom. The molecule has 0 N–H and O–H groups in total. The molecule has 0 unspecified atom stereocenters. The van der Waals surface area contributed by atoms with Gasteiger partial charge in [0.1, 0.15) is 5.82 Å². The number of hydrogen-bond acceptors (Lipinski definition) is 5. The van der Waals surface area contributed by atoms with Crippen LogP contribution in [0.25, 0.3) is 11.5 Å². The van der Waals surface area contributed by atoms with Crippen LogP contribution >= 0.6 is 0 Å². The monoisotopic (exact) mass is 309 g/mol. The van der Waals surface area contributed by atoms with Crippen LogP contribution < -0.4 is 0 Å². The van der Waals surface area contributed by atoms with Crippen LogP contribution in [-0.4, -0.2) is 31.2 Å². The largest absolute Gasteiger partial charge is 0.419 e. The van der Waals surface area contributed by atoms with Gasteiger partial charge in [0.25, 0.3) is 0 Å². The summed E-state index contributed by atoms with van der Waals surface area (Å²) >= 11 is 0. The smallest absolute Gasteiger partial charge is 0.247 e. The van der Waals surface area contributed by atoms with Crippen LogP contribution in [0.15, 0.2) is 41.1 Å². The SMILES string of the molecule is Cc1cccc(-c2nnc([C@H](C)N3CCn4ccnc4C3)o2)c1. The van der Waals surface area contributed by atoms with Gasteiger partial charge in [0.2, 0.25) is 11.8 Å². The molecule has 0 fully saturated rings. The summed E-state index contributed by atoms with van der Waals surface area (Å²) in [7, 11) is 0. The molecule has 6 heteroatoms. The van der Waals surface area contributed by atoms with E-state index in [-0.39, 0.29) is 6.04 Å². The predicted octanol–water partition coefficient (Wildman–Crippen LogP) is 2.82. The highest BCUT2D eigenvalue weighted by molar-refractivity contribution is 5.53. The summed E-state index contributed by atoms with van der Waals surface area (Å²) in [4.78, 5) is 6.72. The normalized spacial score (nSPS) is 16.3. The van der Waals surface area contributed by atoms with E-state index in [1.807, 2.05) is 24.5 Å². The molecule has 0 radical (unpaired) electrons. The highest BCUT2D eigenvalue weighted by Gasteiger charge is 2.26. The van der Waals surface area contributed by atoms with Crippen molar-refractivity contribution < 1.29 is 4.42 Å². The van der Waals surface area contributed by atoms with E-state index in [2.05, 4.69) is 50.6 Å². The van der Waals surface area contributed by atoms with Gasteiger partial charge < -0.3 is 8.98 Å². The molecule has 6 nitrogen and oxygen atoms in total. The van der Waals surface area contributed by atoms with Gasteiger partial charge in [0.05, 0.1) is 12.6 Å². The number of nitrogens with zero attached hydrogens (tertiary/aromatic N) is 5. The number of fused-ring (bicyclic) bond motifs is 1. The summed E-state index contributed by atoms with van der Waals surface area (Å²) in [5.74, 6) is 2.32. The summed E-state index contributed by atoms with van der Waals surface area (Å²) in [6.45, 7) is 6.85. The Hall–Kier alpha value is -2.47. The van der Waals surface area contributed by atoms with E-state index in [9.17, 15) is 0 Å². The van der Waals surface area contributed by atoms with E-state index in [0.29, 0.717) is 11.8 Å². The topological polar surface area (TPSA) is 60.0 Å². The van der Waals surface area contributed by atoms with E-state index in [4.69, 9.17) is 4.42 Å². The Morgan fingerprint density at radius 3 is 3.00 bits per heavy atom. The first-order chi connectivity index (χ1) is 11.2. The molecule has 1 atom stereocenters. The molecule has 23 heavy (non-hydrogen) atoms. The van der Waals surface area contributed by atoms with Gasteiger partial charge in [-0.3, -0.25) is 4.90 Å². The molecule has 0 amide bonds. The van der Waals surface area contributed by atoms with Crippen molar-refractivity contribution in [2.75, 3.05) is 6.54 Å². The fourth-order valence-electron chi connectivity index (χ4n) is 2.98. The molecule has 1 aromatic carbocycles. The van der Waals surface area contributed by atoms with Crippen LogP contribution in [0, 0.1) is 6.92 Å². The van der Waals surface area contributed by atoms with Gasteiger partial charge in [-0.25, -0.2) is 4.98 Å². The molecule has 118 valence electrons. The Labute approximate surface area is 134 Å². The van der Waals surface area contributed by atoms with Crippen molar-refractivity contribution in [3.8, 4) is 11.5 Å². The van der Waals surface area contributed by atoms with Crippen molar-refractivity contribution >= 4 is 0 Å². The molecule has 0 aliphatic carbocycles. The zero-order valence-corrected chi connectivity index (χ0v) is 13.3. The Kier molecular flexibility index (Phi) is 3.46. The molecule has 3 aromatic rings. The first kappa shape index (κ1) is 14.1. The summed E-state index contributed by atoms with van der Waals surface area (Å²) in [5, 5.41) is 8.47. The molecule has 0 bridgehead atoms. The lowest BCUT2D eigenvalue weighted by molar-refractivity contribution is 0.143. The van der Waals surface area contributed by atoms with Gasteiger partial charge in [0, 0.05) is 31.0 Å². The van der Waals surface area contributed by atoms with Gasteiger partial charge in [-0.15, -0.1) is 10.2 Å². The van der Waals surface area contributed by atoms with Crippen molar-refractivity contribution in [3.05, 3.63) is 53.9 Å². The van der Waals surface area contributed by atoms with Crippen LogP contribution in [-0.2, 0) is 13.1 Å². The minimum absolute atomic E-state index is 0.0755. The Bertz CT molecular complexity index is 822. The van der Waals surface area contributed by atoms with Crippen molar-refractivity contribution in [2.24, 2.45) is 0 Å². The number of imidazole rings is 1. The predicted molar refractivity (Wildman–Crippen MR) is 85.5 cm³/mol. The van der Waals surface area contributed by atoms with Crippen molar-refractivity contribution in [1.82, 2.24) is 24.6 Å². The second kappa shape index (κ2) is 5.62. The fourth-order valence-corrected chi connectivity index (χ4v) is 2.98. The van der Waals surface area contributed by atoms with Crippen molar-refractivity contribution in [1.29, 1.82) is 0 Å². The summed E-state index contributed by atoms with van der Waals surface area (Å²) in [6, 6.07) is 8.18. The maximum atomic E-state index is 5.92. The zero-order valence-electron chi connectivity index (χ0n) is 13.3. The highest BCUT2D eigenvalue weighted by atomic mass is 16.4. The van der Waals surface area contributed by atoms with E-state index < -0.39 is 0 Å². The third-order valence-corrected chi connectivity index (χ3v) is 4.39. The molecule has 3 heterocycles. The quantitative estimate of drug-likeness (QED) is 0.744. The number of hydrogen-bond donors (Lipinski definition) is 0. The van der Waals surface area contributed by atoms with Gasteiger partial charge in [0.15, 0.2) is 0 Å². The van der Waals surface area contributed by atoms with Gasteiger partial charge >= 0.3 is 0 Å². The van der Waals surface area contributed by atoms with Crippen LogP contribution in [0.3, 0.4) is 0 Å². The molecule has 4 rings (SSSR count). The maximum absolute atomic E-state index is 5.92. The summed E-state index contributed by atoms with van der Waals surface area (Å²) in [6.07, 6.45) is 3.88. The molecule has 0 saturated heterocycles. The first-order valence-electron chi connectivity index (χ1n) is 7.85. The lowest BCUT2D eigenvalue weighted by Gasteiger charge is -2.30. The number of rotatable bonds is 3. The maximum Gasteiger partial charge on any atom is 0.247 e. The minimum Gasteiger partial charge on any atom is -0.419 e. The van der Waals surface area contributed by atoms with Crippen LogP contribution in [0.4, 0.5) is 0 Å². The Balaban J connectivity index is 1.55. The molecule has 1 aliphatic rings. The van der Waals surface area contributed by atoms with E-state index in [1.165, 1.54) is 5.56 Å². The molecule has 1 aliphatic heterocycles. The zero-order chi connectivity index (χ0) is 15.8. The lowest BCUT2D eigenvalue weighted by atomic mass is 10.1. The van der Waals surface area contributed by atoms with Crippen LogP contribution in [0.2, 0.25) is 0 Å². The molecule has 0 saturated carbocycles. The van der Waals surface area contributed by atoms with Crippen molar-refractivity contribution in [2.45, 2.75) is 33.0 Å². The third-order valence-electron chi connectivity index (χ3n) is 4.39. The molecule has 0 spiro atoms. The average Bonchev–Trinajstić information content (AvgIpc) is 3.22. The van der Waals surface area contributed by atoms with E-state index >= 15 is 0 Å². The van der Waals surface area contributed by atoms with Crippen LogP contribution in [0.1, 0.15) is 30.2 Å². The second-order valence-electron chi connectivity index (χ2n) is 6.00. The van der Waals surface area contributed by atoms with Gasteiger partial charge in [-0.1, -0.05) is 17.7 Å². The summed E-state index contributed by atoms with van der Waals surface area (Å²) < 4.78 is 8.11. The molecular formula is C17H19N5O. The van der Waals surface area contributed by atoms with E-state index in [0.717, 1.165) is 31.0 Å². The lowest BCUT2D eigenvalue weighted by Crippen LogP contribution is -2.35. The fraction of sp³-hybridized carbons (Fsp3) is 0.353. The minimum atomic E-state index is 0.0755. The van der Waals surface area contributed by atoms with Crippen molar-refractivity contribution in [3.63, 3.8) is 0 Å². The number of aryl methyl sites for hydroxylation is 1. The Morgan fingerprint density at radius 1 is 1.22 bits per heavy atom. The first-order valence-corrected chi connectivity index (χ1v) is 7.85. The second-order valence-corrected chi connectivity index (χ2v) is 6.00. The number of aromatic nitrogens is 4. The van der Waals surface area contributed by atoms with Crippen LogP contribution in [0.5, 0.6) is 0 Å². The van der Waals surface area contributed by atoms with Gasteiger partial charge in [-0.2, -0.15) is 0 Å². The number of benzene rings is 1. The van der Waals surface area contributed by atoms with E-state index in [1.54, 1.807) is 0 Å². The molecule has 2 aromatic heterocycles. The summed E-state index contributed by atoms with van der Waals surface area (Å²) in [5.41, 5.74) is 2.14. The molecular weight excluding hydrogens is 290 g/mol.